The van der Waals surface area contributed by atoms with Gasteiger partial charge in [0.05, 0.1) is 22.8 Å². The molecular weight excluding hydrogens is 981 g/mol. The normalized spacial score (nSPS) is 13.1. The molecule has 379 valence electrons. The molecule has 3 aromatic heterocycles. The van der Waals surface area contributed by atoms with E-state index < -0.39 is 0 Å². The Morgan fingerprint density at radius 3 is 0.827 bits per heavy atom. The number of aromatic amines is 2. The fourth-order valence-corrected chi connectivity index (χ4v) is 13.4. The SMILES string of the molecule is C1=Cc2nc1c(-c1ccccc1)c1ccc([nH]1)c(-c1ccccc1)c1nc(c(-c3ccc(-c4ccc([C](C5c6ccccc6-c6ccccc65)C5c6ccccc6-c6ccccc65)cc4)cc3)c3ccc([nH]3)c2-c2ccccc2)C=C1. The molecule has 0 amide bonds. The van der Waals surface area contributed by atoms with Gasteiger partial charge in [0.1, 0.15) is 0 Å². The van der Waals surface area contributed by atoms with Gasteiger partial charge in [0, 0.05) is 62.1 Å². The van der Waals surface area contributed by atoms with E-state index in [2.05, 4.69) is 295 Å². The highest BCUT2D eigenvalue weighted by atomic mass is 14.8. The fourth-order valence-electron chi connectivity index (χ4n) is 13.4. The van der Waals surface area contributed by atoms with Crippen LogP contribution in [0.15, 0.2) is 261 Å². The van der Waals surface area contributed by atoms with Gasteiger partial charge in [-0.15, -0.1) is 0 Å². The summed E-state index contributed by atoms with van der Waals surface area (Å²) in [5, 5.41) is 0. The van der Waals surface area contributed by atoms with Gasteiger partial charge in [0.25, 0.3) is 0 Å². The standard InChI is InChI=1S/C77H51N4/c1-4-18-50(19-5-1)71-63-40-42-65(78-63)72(51-20-6-2-7-21-51)67-44-46-69(80-67)74(70-47-45-68(81-70)73(52-22-8-3-9-23-52)66-43-41-64(71)79-66)53-36-32-48(33-37-53)49-34-38-54(39-35-49)75(76-59-28-14-10-24-55(59)56-25-11-15-29-60(56)76)77-61-30-16-12-26-57(61)58-27-13-17-31-62(58)77/h1-47,76-78,81H. The number of H-pyrrole nitrogens is 2. The molecule has 81 heavy (non-hydrogen) atoms. The third kappa shape index (κ3) is 7.82. The maximum atomic E-state index is 5.57. The van der Waals surface area contributed by atoms with Crippen LogP contribution in [0.2, 0.25) is 0 Å². The Labute approximate surface area is 470 Å². The highest BCUT2D eigenvalue weighted by molar-refractivity contribution is 6.00. The molecular formula is C77H51N4. The fraction of sp³-hybridized carbons (Fsp3) is 0.0260. The summed E-state index contributed by atoms with van der Waals surface area (Å²) in [5.41, 5.74) is 30.1. The first-order chi connectivity index (χ1) is 40.2. The van der Waals surface area contributed by atoms with Gasteiger partial charge in [-0.3, -0.25) is 0 Å². The highest BCUT2D eigenvalue weighted by Crippen LogP contribution is 2.60. The molecule has 8 bridgehead atoms. The van der Waals surface area contributed by atoms with Crippen LogP contribution in [0, 0.1) is 5.92 Å². The first-order valence-electron chi connectivity index (χ1n) is 28.0. The third-order valence-corrected chi connectivity index (χ3v) is 17.0. The molecule has 2 N–H and O–H groups in total. The molecule has 4 heteroatoms. The second-order valence-corrected chi connectivity index (χ2v) is 21.4. The van der Waals surface area contributed by atoms with Crippen molar-refractivity contribution >= 4 is 46.4 Å². The molecule has 0 saturated heterocycles. The molecule has 0 spiro atoms. The molecule has 9 aromatic carbocycles. The van der Waals surface area contributed by atoms with Crippen LogP contribution in [0.3, 0.4) is 0 Å². The zero-order chi connectivity index (χ0) is 53.4. The number of nitrogens with one attached hydrogen (secondary N) is 2. The van der Waals surface area contributed by atoms with Crippen molar-refractivity contribution in [3.63, 3.8) is 0 Å². The van der Waals surface area contributed by atoms with E-state index in [4.69, 9.17) is 9.97 Å². The molecule has 1 radical (unpaired) electrons. The summed E-state index contributed by atoms with van der Waals surface area (Å²) in [4.78, 5) is 18.9. The van der Waals surface area contributed by atoms with Gasteiger partial charge in [-0.2, -0.15) is 0 Å². The van der Waals surface area contributed by atoms with E-state index in [1.165, 1.54) is 56.0 Å². The summed E-state index contributed by atoms with van der Waals surface area (Å²) in [6.45, 7) is 0. The third-order valence-electron chi connectivity index (χ3n) is 17.0. The summed E-state index contributed by atoms with van der Waals surface area (Å²) in [5.74, 6) is 1.59. The summed E-state index contributed by atoms with van der Waals surface area (Å²) < 4.78 is 0. The lowest BCUT2D eigenvalue weighted by molar-refractivity contribution is 0.740. The molecule has 2 aliphatic carbocycles. The molecule has 0 atom stereocenters. The van der Waals surface area contributed by atoms with Gasteiger partial charge in [-0.1, -0.05) is 237 Å². The van der Waals surface area contributed by atoms with Gasteiger partial charge in [0.2, 0.25) is 0 Å². The largest absolute Gasteiger partial charge is 0.354 e. The summed E-state index contributed by atoms with van der Waals surface area (Å²) in [6.07, 6.45) is 8.65. The van der Waals surface area contributed by atoms with Gasteiger partial charge >= 0.3 is 0 Å². The first-order valence-corrected chi connectivity index (χ1v) is 28.0. The van der Waals surface area contributed by atoms with Gasteiger partial charge in [-0.25, -0.2) is 9.97 Å². The van der Waals surface area contributed by atoms with Crippen molar-refractivity contribution in [2.24, 2.45) is 0 Å². The topological polar surface area (TPSA) is 57.4 Å². The maximum Gasteiger partial charge on any atom is 0.0737 e. The first kappa shape index (κ1) is 46.7. The predicted molar refractivity (Wildman–Crippen MR) is 336 cm³/mol. The Hall–Kier alpha value is -10.4. The van der Waals surface area contributed by atoms with Crippen LogP contribution >= 0.6 is 0 Å². The number of hydrogen-bond acceptors (Lipinski definition) is 2. The second-order valence-electron chi connectivity index (χ2n) is 21.4. The number of hydrogen-bond donors (Lipinski definition) is 2. The molecule has 12 aromatic rings. The van der Waals surface area contributed by atoms with Crippen molar-refractivity contribution in [1.82, 2.24) is 19.9 Å². The average Bonchev–Trinajstić information content (AvgIpc) is 4.61. The van der Waals surface area contributed by atoms with Crippen LogP contribution in [-0.2, 0) is 0 Å². The van der Waals surface area contributed by atoms with Gasteiger partial charge in [-0.05, 0) is 132 Å². The van der Waals surface area contributed by atoms with Crippen LogP contribution in [0.25, 0.3) is 124 Å². The maximum absolute atomic E-state index is 5.57. The van der Waals surface area contributed by atoms with Gasteiger partial charge in [0.15, 0.2) is 0 Å². The van der Waals surface area contributed by atoms with E-state index in [0.717, 1.165) is 100 Å². The smallest absolute Gasteiger partial charge is 0.0737 e. The number of benzene rings is 9. The summed E-state index contributed by atoms with van der Waals surface area (Å²) in [6, 6.07) is 95.1. The van der Waals surface area contributed by atoms with Gasteiger partial charge < -0.3 is 9.97 Å². The Morgan fingerprint density at radius 2 is 0.506 bits per heavy atom. The second kappa shape index (κ2) is 19.2. The lowest BCUT2D eigenvalue weighted by Gasteiger charge is -2.32. The van der Waals surface area contributed by atoms with E-state index in [1.54, 1.807) is 0 Å². The molecule has 5 heterocycles. The number of rotatable bonds is 8. The van der Waals surface area contributed by atoms with Crippen LogP contribution in [0.4, 0.5) is 0 Å². The Kier molecular flexibility index (Phi) is 11.1. The zero-order valence-corrected chi connectivity index (χ0v) is 44.2. The number of aromatic nitrogens is 4. The molecule has 2 aliphatic heterocycles. The van der Waals surface area contributed by atoms with Crippen molar-refractivity contribution in [3.05, 3.63) is 317 Å². The zero-order valence-electron chi connectivity index (χ0n) is 44.2. The summed E-state index contributed by atoms with van der Waals surface area (Å²) >= 11 is 0. The van der Waals surface area contributed by atoms with Crippen molar-refractivity contribution < 1.29 is 0 Å². The molecule has 4 aliphatic rings. The minimum atomic E-state index is 0.0868. The predicted octanol–water partition coefficient (Wildman–Crippen LogP) is 19.5. The van der Waals surface area contributed by atoms with Crippen LogP contribution in [0.5, 0.6) is 0 Å². The molecule has 16 rings (SSSR count). The molecule has 4 nitrogen and oxygen atoms in total. The van der Waals surface area contributed by atoms with E-state index in [-0.39, 0.29) is 11.8 Å². The van der Waals surface area contributed by atoms with Crippen LogP contribution in [-0.4, -0.2) is 19.9 Å². The lowest BCUT2D eigenvalue weighted by Crippen LogP contribution is -2.20. The lowest BCUT2D eigenvalue weighted by atomic mass is 9.69. The minimum absolute atomic E-state index is 0.0868. The summed E-state index contributed by atoms with van der Waals surface area (Å²) in [7, 11) is 0. The molecule has 0 fully saturated rings. The van der Waals surface area contributed by atoms with E-state index in [9.17, 15) is 0 Å². The van der Waals surface area contributed by atoms with E-state index in [0.29, 0.717) is 0 Å². The van der Waals surface area contributed by atoms with E-state index in [1.807, 2.05) is 0 Å². The Bertz CT molecular complexity index is 4450. The quantitative estimate of drug-likeness (QED) is 0.159. The van der Waals surface area contributed by atoms with Crippen LogP contribution in [0.1, 0.15) is 62.4 Å². The number of fused-ring (bicyclic) bond motifs is 14. The van der Waals surface area contributed by atoms with Crippen molar-refractivity contribution in [3.8, 4) is 77.9 Å². The van der Waals surface area contributed by atoms with Crippen molar-refractivity contribution in [2.45, 2.75) is 11.8 Å². The molecule has 0 unspecified atom stereocenters. The van der Waals surface area contributed by atoms with Crippen LogP contribution < -0.4 is 0 Å². The molecule has 0 saturated carbocycles. The highest BCUT2D eigenvalue weighted by Gasteiger charge is 2.44. The Morgan fingerprint density at radius 1 is 0.247 bits per heavy atom. The average molecular weight is 1030 g/mol. The van der Waals surface area contributed by atoms with E-state index >= 15 is 0 Å². The van der Waals surface area contributed by atoms with Crippen molar-refractivity contribution in [2.75, 3.05) is 0 Å². The van der Waals surface area contributed by atoms with Crippen molar-refractivity contribution in [1.29, 1.82) is 0 Å². The minimum Gasteiger partial charge on any atom is -0.354 e. The monoisotopic (exact) mass is 1030 g/mol. The number of nitrogens with zero attached hydrogens (tertiary/aromatic N) is 2. The Balaban J connectivity index is 0.857.